The molecule has 0 atom stereocenters. The van der Waals surface area contributed by atoms with Crippen molar-refractivity contribution in [2.24, 2.45) is 5.16 Å². The van der Waals surface area contributed by atoms with E-state index < -0.39 is 5.78 Å². The first-order valence-corrected chi connectivity index (χ1v) is 8.54. The van der Waals surface area contributed by atoms with E-state index >= 15 is 0 Å². The molecule has 0 fully saturated rings. The molecule has 3 aromatic carbocycles. The minimum absolute atomic E-state index is 0.180. The topological polar surface area (TPSA) is 62.4 Å². The van der Waals surface area contributed by atoms with E-state index in [1.54, 1.807) is 30.3 Å². The molecule has 0 aromatic heterocycles. The molecule has 0 saturated carbocycles. The number of oxime groups is 1. The Bertz CT molecular complexity index is 1000. The summed E-state index contributed by atoms with van der Waals surface area (Å²) in [6, 6.07) is 26.4. The fourth-order valence-corrected chi connectivity index (χ4v) is 2.78. The van der Waals surface area contributed by atoms with Crippen LogP contribution in [0.2, 0.25) is 0 Å². The van der Waals surface area contributed by atoms with Gasteiger partial charge < -0.3 is 4.84 Å². The van der Waals surface area contributed by atoms with Gasteiger partial charge in [-0.2, -0.15) is 5.26 Å². The Morgan fingerprint density at radius 3 is 2.30 bits per heavy atom. The van der Waals surface area contributed by atoms with Crippen molar-refractivity contribution in [3.05, 3.63) is 95.6 Å². The van der Waals surface area contributed by atoms with Crippen LogP contribution in [0.5, 0.6) is 0 Å². The smallest absolute Gasteiger partial charge is 0.227 e. The van der Waals surface area contributed by atoms with Crippen LogP contribution in [-0.2, 0) is 11.4 Å². The molecule has 0 saturated heterocycles. The van der Waals surface area contributed by atoms with E-state index in [2.05, 4.69) is 23.4 Å². The predicted octanol–water partition coefficient (Wildman–Crippen LogP) is 4.94. The quantitative estimate of drug-likeness (QED) is 0.358. The van der Waals surface area contributed by atoms with Crippen molar-refractivity contribution in [1.29, 1.82) is 5.26 Å². The lowest BCUT2D eigenvalue weighted by Crippen LogP contribution is -2.12. The summed E-state index contributed by atoms with van der Waals surface area (Å²) in [6.45, 7) is 2.20. The molecule has 0 heterocycles. The molecular formula is C23H18N2O2. The summed E-state index contributed by atoms with van der Waals surface area (Å²) in [6.07, 6.45) is 0. The summed E-state index contributed by atoms with van der Waals surface area (Å²) in [5.74, 6) is -0.451. The molecule has 0 unspecified atom stereocenters. The van der Waals surface area contributed by atoms with Crippen LogP contribution in [0.3, 0.4) is 0 Å². The number of carbonyl (C=O) groups is 1. The fourth-order valence-electron chi connectivity index (χ4n) is 2.78. The molecule has 27 heavy (non-hydrogen) atoms. The largest absolute Gasteiger partial charge is 0.390 e. The Morgan fingerprint density at radius 1 is 0.963 bits per heavy atom. The standard InChI is InChI=1S/C23H18N2O2/c1-17-20(13-8-14-21(17)18-9-4-2-5-10-18)16-27-25-22(15-24)23(26)19-11-6-3-7-12-19/h2-14H,16H2,1H3/b25-22+. The van der Waals surface area contributed by atoms with Gasteiger partial charge >= 0.3 is 0 Å². The lowest BCUT2D eigenvalue weighted by molar-refractivity contribution is 0.103. The van der Waals surface area contributed by atoms with Gasteiger partial charge in [0.05, 0.1) is 0 Å². The van der Waals surface area contributed by atoms with E-state index in [0.717, 1.165) is 22.3 Å². The van der Waals surface area contributed by atoms with Crippen LogP contribution in [-0.4, -0.2) is 11.5 Å². The Kier molecular flexibility index (Phi) is 5.76. The van der Waals surface area contributed by atoms with Crippen molar-refractivity contribution in [1.82, 2.24) is 0 Å². The molecule has 4 heteroatoms. The van der Waals surface area contributed by atoms with Gasteiger partial charge in [-0.25, -0.2) is 0 Å². The highest BCUT2D eigenvalue weighted by atomic mass is 16.6. The number of hydrogen-bond donors (Lipinski definition) is 0. The van der Waals surface area contributed by atoms with Crippen molar-refractivity contribution in [3.63, 3.8) is 0 Å². The van der Waals surface area contributed by atoms with Gasteiger partial charge in [0.1, 0.15) is 12.7 Å². The molecule has 0 bridgehead atoms. The maximum atomic E-state index is 12.3. The van der Waals surface area contributed by atoms with E-state index in [1.165, 1.54) is 0 Å². The molecule has 0 aliphatic carbocycles. The van der Waals surface area contributed by atoms with Gasteiger partial charge in [0, 0.05) is 5.56 Å². The van der Waals surface area contributed by atoms with Gasteiger partial charge in [-0.15, -0.1) is 0 Å². The summed E-state index contributed by atoms with van der Waals surface area (Å²) in [5, 5.41) is 13.0. The van der Waals surface area contributed by atoms with Crippen molar-refractivity contribution >= 4 is 11.5 Å². The normalized spacial score (nSPS) is 10.9. The van der Waals surface area contributed by atoms with Gasteiger partial charge in [-0.1, -0.05) is 84.0 Å². The maximum absolute atomic E-state index is 12.3. The third kappa shape index (κ3) is 4.28. The Hall–Kier alpha value is -3.71. The number of rotatable bonds is 6. The van der Waals surface area contributed by atoms with Gasteiger partial charge in [0.2, 0.25) is 11.5 Å². The van der Waals surface area contributed by atoms with Crippen LogP contribution < -0.4 is 0 Å². The molecule has 132 valence electrons. The van der Waals surface area contributed by atoms with Crippen molar-refractivity contribution in [2.75, 3.05) is 0 Å². The molecular weight excluding hydrogens is 336 g/mol. The Balaban J connectivity index is 1.76. The average Bonchev–Trinajstić information content (AvgIpc) is 2.73. The summed E-state index contributed by atoms with van der Waals surface area (Å²) in [4.78, 5) is 17.6. The van der Waals surface area contributed by atoms with Crippen LogP contribution in [0.4, 0.5) is 0 Å². The number of Topliss-reactive ketones (excluding diaryl/α,β-unsaturated/α-hetero) is 1. The average molecular weight is 354 g/mol. The minimum atomic E-state index is -0.451. The van der Waals surface area contributed by atoms with Crippen LogP contribution in [0.25, 0.3) is 11.1 Å². The van der Waals surface area contributed by atoms with Crippen LogP contribution in [0.15, 0.2) is 84.0 Å². The van der Waals surface area contributed by atoms with Crippen LogP contribution in [0.1, 0.15) is 21.5 Å². The minimum Gasteiger partial charge on any atom is -0.390 e. The molecule has 3 rings (SSSR count). The van der Waals surface area contributed by atoms with Crippen molar-refractivity contribution in [2.45, 2.75) is 13.5 Å². The lowest BCUT2D eigenvalue weighted by atomic mass is 9.97. The second kappa shape index (κ2) is 8.59. The fraction of sp³-hybridized carbons (Fsp3) is 0.0870. The highest BCUT2D eigenvalue weighted by molar-refractivity contribution is 6.51. The molecule has 0 amide bonds. The zero-order valence-electron chi connectivity index (χ0n) is 14.9. The summed E-state index contributed by atoms with van der Waals surface area (Å²) < 4.78 is 0. The monoisotopic (exact) mass is 354 g/mol. The zero-order valence-corrected chi connectivity index (χ0v) is 14.9. The highest BCUT2D eigenvalue weighted by Crippen LogP contribution is 2.25. The van der Waals surface area contributed by atoms with E-state index in [1.807, 2.05) is 43.3 Å². The number of carbonyl (C=O) groups excluding carboxylic acids is 1. The zero-order chi connectivity index (χ0) is 19.1. The first-order chi connectivity index (χ1) is 13.2. The van der Waals surface area contributed by atoms with Gasteiger partial charge in [-0.3, -0.25) is 4.79 Å². The van der Waals surface area contributed by atoms with E-state index in [9.17, 15) is 10.1 Å². The first kappa shape index (κ1) is 18.1. The molecule has 3 aromatic rings. The second-order valence-electron chi connectivity index (χ2n) is 5.98. The molecule has 0 aliphatic rings. The summed E-state index contributed by atoms with van der Waals surface area (Å²) in [7, 11) is 0. The first-order valence-electron chi connectivity index (χ1n) is 8.54. The molecule has 4 nitrogen and oxygen atoms in total. The lowest BCUT2D eigenvalue weighted by Gasteiger charge is -2.11. The second-order valence-corrected chi connectivity index (χ2v) is 5.98. The molecule has 0 N–H and O–H groups in total. The van der Waals surface area contributed by atoms with E-state index in [4.69, 9.17) is 4.84 Å². The number of hydrogen-bond acceptors (Lipinski definition) is 4. The molecule has 0 spiro atoms. The SMILES string of the molecule is Cc1c(CO/N=C(\C#N)C(=O)c2ccccc2)cccc1-c1ccccc1. The summed E-state index contributed by atoms with van der Waals surface area (Å²) in [5.41, 5.74) is 4.40. The Morgan fingerprint density at radius 2 is 1.63 bits per heavy atom. The van der Waals surface area contributed by atoms with E-state index in [0.29, 0.717) is 5.56 Å². The van der Waals surface area contributed by atoms with Gasteiger partial charge in [0.15, 0.2) is 0 Å². The number of benzene rings is 3. The highest BCUT2D eigenvalue weighted by Gasteiger charge is 2.14. The number of nitriles is 1. The number of ketones is 1. The van der Waals surface area contributed by atoms with Crippen LogP contribution in [0, 0.1) is 18.3 Å². The van der Waals surface area contributed by atoms with Crippen molar-refractivity contribution in [3.8, 4) is 17.2 Å². The predicted molar refractivity (Wildman–Crippen MR) is 105 cm³/mol. The molecule has 0 aliphatic heterocycles. The number of nitrogens with zero attached hydrogens (tertiary/aromatic N) is 2. The summed E-state index contributed by atoms with van der Waals surface area (Å²) >= 11 is 0. The van der Waals surface area contributed by atoms with E-state index in [-0.39, 0.29) is 12.3 Å². The van der Waals surface area contributed by atoms with Gasteiger partial charge in [0.25, 0.3) is 0 Å². The van der Waals surface area contributed by atoms with Crippen molar-refractivity contribution < 1.29 is 9.63 Å². The van der Waals surface area contributed by atoms with Gasteiger partial charge in [-0.05, 0) is 29.2 Å². The maximum Gasteiger partial charge on any atom is 0.227 e. The third-order valence-corrected chi connectivity index (χ3v) is 4.26. The molecule has 0 radical (unpaired) electrons. The third-order valence-electron chi connectivity index (χ3n) is 4.26. The van der Waals surface area contributed by atoms with Crippen LogP contribution >= 0.6 is 0 Å². The Labute approximate surface area is 158 Å².